The number of nitrogens with zero attached hydrogens (tertiary/aromatic N) is 1. The summed E-state index contributed by atoms with van der Waals surface area (Å²) in [6.07, 6.45) is 0. The Hall–Kier alpha value is -1.95. The third-order valence-corrected chi connectivity index (χ3v) is 5.01. The molecular weight excluding hydrogens is 411 g/mol. The van der Waals surface area contributed by atoms with Crippen molar-refractivity contribution in [3.05, 3.63) is 63.1 Å². The number of ether oxygens (including phenoxy) is 1. The molecule has 0 radical (unpaired) electrons. The van der Waals surface area contributed by atoms with Crippen molar-refractivity contribution in [2.45, 2.75) is 19.5 Å². The van der Waals surface area contributed by atoms with Crippen molar-refractivity contribution in [2.24, 2.45) is 0 Å². The molecule has 2 amide bonds. The van der Waals surface area contributed by atoms with Crippen LogP contribution in [0.1, 0.15) is 12.5 Å². The lowest BCUT2D eigenvalue weighted by atomic mass is 10.1. The van der Waals surface area contributed by atoms with Crippen LogP contribution in [-0.2, 0) is 16.1 Å². The minimum Gasteiger partial charge on any atom is -0.482 e. The summed E-state index contributed by atoms with van der Waals surface area (Å²) in [5, 5.41) is 3.76. The minimum absolute atomic E-state index is 0.0673. The summed E-state index contributed by atoms with van der Waals surface area (Å²) >= 11 is 18.5. The number of amides is 2. The van der Waals surface area contributed by atoms with E-state index in [0.29, 0.717) is 26.4 Å². The van der Waals surface area contributed by atoms with Gasteiger partial charge in [0, 0.05) is 29.2 Å². The second kappa shape index (κ2) is 9.83. The van der Waals surface area contributed by atoms with E-state index < -0.39 is 11.9 Å². The van der Waals surface area contributed by atoms with E-state index in [1.54, 1.807) is 49.4 Å². The number of rotatable bonds is 7. The second-order valence-electron chi connectivity index (χ2n) is 5.73. The SMILES string of the molecule is CNC(=O)[C@H](C)N(Cc1c(Cl)cccc1Cl)C(=O)COc1ccccc1Cl. The quantitative estimate of drug-likeness (QED) is 0.718. The van der Waals surface area contributed by atoms with Crippen LogP contribution in [0.15, 0.2) is 42.5 Å². The van der Waals surface area contributed by atoms with Crippen LogP contribution in [0.4, 0.5) is 0 Å². The molecule has 2 aromatic rings. The van der Waals surface area contributed by atoms with Crippen molar-refractivity contribution in [2.75, 3.05) is 13.7 Å². The Kier molecular flexibility index (Phi) is 7.78. The topological polar surface area (TPSA) is 58.6 Å². The van der Waals surface area contributed by atoms with Crippen molar-refractivity contribution in [3.8, 4) is 5.75 Å². The predicted octanol–water partition coefficient (Wildman–Crippen LogP) is 4.19. The number of likely N-dealkylation sites (N-methyl/N-ethyl adjacent to an activating group) is 1. The zero-order valence-corrected chi connectivity index (χ0v) is 17.1. The molecule has 8 heteroatoms. The van der Waals surface area contributed by atoms with E-state index in [2.05, 4.69) is 5.32 Å². The number of hydrogen-bond donors (Lipinski definition) is 1. The maximum atomic E-state index is 12.8. The summed E-state index contributed by atoms with van der Waals surface area (Å²) in [7, 11) is 1.50. The van der Waals surface area contributed by atoms with E-state index >= 15 is 0 Å². The fourth-order valence-corrected chi connectivity index (χ4v) is 3.14. The Morgan fingerprint density at radius 2 is 1.63 bits per heavy atom. The summed E-state index contributed by atoms with van der Waals surface area (Å²) in [6.45, 7) is 1.40. The van der Waals surface area contributed by atoms with Gasteiger partial charge in [-0.05, 0) is 31.2 Å². The van der Waals surface area contributed by atoms with Crippen LogP contribution in [-0.4, -0.2) is 36.4 Å². The molecule has 5 nitrogen and oxygen atoms in total. The first-order chi connectivity index (χ1) is 12.8. The van der Waals surface area contributed by atoms with Crippen LogP contribution in [0.3, 0.4) is 0 Å². The number of nitrogens with one attached hydrogen (secondary N) is 1. The molecule has 0 aliphatic heterocycles. The Morgan fingerprint density at radius 1 is 1.04 bits per heavy atom. The van der Waals surface area contributed by atoms with Crippen LogP contribution in [0.2, 0.25) is 15.1 Å². The highest BCUT2D eigenvalue weighted by molar-refractivity contribution is 6.36. The van der Waals surface area contributed by atoms with Crippen LogP contribution in [0, 0.1) is 0 Å². The average molecular weight is 430 g/mol. The Bertz CT molecular complexity index is 809. The van der Waals surface area contributed by atoms with E-state index in [0.717, 1.165) is 0 Å². The first-order valence-electron chi connectivity index (χ1n) is 8.16. The zero-order chi connectivity index (χ0) is 20.0. The summed E-state index contributed by atoms with van der Waals surface area (Å²) in [6, 6.07) is 11.2. The van der Waals surface area contributed by atoms with Gasteiger partial charge in [0.25, 0.3) is 5.91 Å². The van der Waals surface area contributed by atoms with E-state index in [9.17, 15) is 9.59 Å². The fourth-order valence-electron chi connectivity index (χ4n) is 2.43. The first-order valence-corrected chi connectivity index (χ1v) is 9.29. The molecule has 1 atom stereocenters. The fraction of sp³-hybridized carbons (Fsp3) is 0.263. The third kappa shape index (κ3) is 5.51. The molecule has 0 heterocycles. The van der Waals surface area contributed by atoms with Gasteiger partial charge in [-0.15, -0.1) is 0 Å². The van der Waals surface area contributed by atoms with Gasteiger partial charge in [-0.1, -0.05) is 53.0 Å². The van der Waals surface area contributed by atoms with Gasteiger partial charge >= 0.3 is 0 Å². The van der Waals surface area contributed by atoms with Crippen LogP contribution in [0.25, 0.3) is 0 Å². The van der Waals surface area contributed by atoms with Gasteiger partial charge in [-0.3, -0.25) is 9.59 Å². The zero-order valence-electron chi connectivity index (χ0n) is 14.8. The highest BCUT2D eigenvalue weighted by atomic mass is 35.5. The summed E-state index contributed by atoms with van der Waals surface area (Å²) in [4.78, 5) is 26.3. The summed E-state index contributed by atoms with van der Waals surface area (Å²) in [5.74, 6) is -0.331. The third-order valence-electron chi connectivity index (χ3n) is 3.99. The summed E-state index contributed by atoms with van der Waals surface area (Å²) < 4.78 is 5.52. The molecule has 0 aliphatic rings. The van der Waals surface area contributed by atoms with Crippen LogP contribution >= 0.6 is 34.8 Å². The van der Waals surface area contributed by atoms with Crippen LogP contribution < -0.4 is 10.1 Å². The molecule has 27 heavy (non-hydrogen) atoms. The molecule has 0 saturated heterocycles. The van der Waals surface area contributed by atoms with Crippen molar-refractivity contribution in [1.29, 1.82) is 0 Å². The van der Waals surface area contributed by atoms with E-state index in [4.69, 9.17) is 39.5 Å². The molecule has 2 aromatic carbocycles. The maximum absolute atomic E-state index is 12.8. The molecule has 0 spiro atoms. The predicted molar refractivity (Wildman–Crippen MR) is 107 cm³/mol. The minimum atomic E-state index is -0.746. The van der Waals surface area contributed by atoms with Crippen molar-refractivity contribution < 1.29 is 14.3 Å². The average Bonchev–Trinajstić information content (AvgIpc) is 2.65. The lowest BCUT2D eigenvalue weighted by Gasteiger charge is -2.29. The molecule has 0 aromatic heterocycles. The van der Waals surface area contributed by atoms with Crippen molar-refractivity contribution in [3.63, 3.8) is 0 Å². The largest absolute Gasteiger partial charge is 0.482 e. The van der Waals surface area contributed by atoms with Gasteiger partial charge in [0.1, 0.15) is 11.8 Å². The van der Waals surface area contributed by atoms with Gasteiger partial charge in [0.15, 0.2) is 6.61 Å². The molecule has 0 saturated carbocycles. The monoisotopic (exact) mass is 428 g/mol. The molecule has 0 fully saturated rings. The van der Waals surface area contributed by atoms with E-state index in [-0.39, 0.29) is 19.1 Å². The number of carbonyl (C=O) groups is 2. The van der Waals surface area contributed by atoms with Crippen molar-refractivity contribution >= 4 is 46.6 Å². The molecule has 0 aliphatic carbocycles. The van der Waals surface area contributed by atoms with E-state index in [1.807, 2.05) is 0 Å². The second-order valence-corrected chi connectivity index (χ2v) is 6.95. The molecule has 0 bridgehead atoms. The number of benzene rings is 2. The molecule has 0 unspecified atom stereocenters. The Morgan fingerprint density at radius 3 is 2.22 bits per heavy atom. The highest BCUT2D eigenvalue weighted by Crippen LogP contribution is 2.27. The maximum Gasteiger partial charge on any atom is 0.261 e. The van der Waals surface area contributed by atoms with Crippen LogP contribution in [0.5, 0.6) is 5.75 Å². The normalized spacial score (nSPS) is 11.6. The number of para-hydroxylation sites is 1. The van der Waals surface area contributed by atoms with Gasteiger partial charge in [-0.2, -0.15) is 0 Å². The number of carbonyl (C=O) groups excluding carboxylic acids is 2. The standard InChI is InChI=1S/C19H19Cl3N2O3/c1-12(19(26)23-2)24(10-13-14(20)7-5-8-15(13)21)18(25)11-27-17-9-4-3-6-16(17)22/h3-9,12H,10-11H2,1-2H3,(H,23,26)/t12-/m0/s1. The lowest BCUT2D eigenvalue weighted by molar-refractivity contribution is -0.142. The van der Waals surface area contributed by atoms with Gasteiger partial charge in [0.05, 0.1) is 5.02 Å². The molecular formula is C19H19Cl3N2O3. The number of hydrogen-bond acceptors (Lipinski definition) is 3. The van der Waals surface area contributed by atoms with Gasteiger partial charge in [-0.25, -0.2) is 0 Å². The smallest absolute Gasteiger partial charge is 0.261 e. The van der Waals surface area contributed by atoms with Gasteiger partial charge < -0.3 is 15.0 Å². The highest BCUT2D eigenvalue weighted by Gasteiger charge is 2.27. The summed E-state index contributed by atoms with van der Waals surface area (Å²) in [5.41, 5.74) is 0.558. The number of halogens is 3. The Labute approximate surface area is 173 Å². The lowest BCUT2D eigenvalue weighted by Crippen LogP contribution is -2.48. The molecule has 144 valence electrons. The van der Waals surface area contributed by atoms with Gasteiger partial charge in [0.2, 0.25) is 5.91 Å². The Balaban J connectivity index is 2.22. The molecule has 1 N–H and O–H groups in total. The first kappa shape index (κ1) is 21.4. The van der Waals surface area contributed by atoms with Crippen molar-refractivity contribution in [1.82, 2.24) is 10.2 Å². The van der Waals surface area contributed by atoms with E-state index in [1.165, 1.54) is 11.9 Å². The molecule has 2 rings (SSSR count).